The fraction of sp³-hybridized carbons (Fsp3) is 0.409. The molecule has 0 saturated carbocycles. The van der Waals surface area contributed by atoms with Gasteiger partial charge in [-0.05, 0) is 55.7 Å². The number of hydrogen-bond acceptors (Lipinski definition) is 4. The normalized spacial score (nSPS) is 17.7. The number of carbonyl (C=O) groups is 1. The van der Waals surface area contributed by atoms with E-state index < -0.39 is 10.0 Å². The lowest BCUT2D eigenvalue weighted by Crippen LogP contribution is -2.42. The molecular weight excluding hydrogens is 386 g/mol. The van der Waals surface area contributed by atoms with Crippen LogP contribution in [0.2, 0.25) is 0 Å². The highest BCUT2D eigenvalue weighted by Crippen LogP contribution is 2.25. The van der Waals surface area contributed by atoms with E-state index in [9.17, 15) is 13.2 Å². The van der Waals surface area contributed by atoms with Gasteiger partial charge in [-0.2, -0.15) is 4.31 Å². The number of amides is 1. The van der Waals surface area contributed by atoms with Crippen LogP contribution in [0.3, 0.4) is 0 Å². The van der Waals surface area contributed by atoms with Crippen LogP contribution in [0.25, 0.3) is 0 Å². The summed E-state index contributed by atoms with van der Waals surface area (Å²) in [6.07, 6.45) is 2.79. The van der Waals surface area contributed by atoms with Gasteiger partial charge in [0.2, 0.25) is 10.0 Å². The van der Waals surface area contributed by atoms with Gasteiger partial charge in [0.15, 0.2) is 0 Å². The molecule has 1 atom stereocenters. The van der Waals surface area contributed by atoms with Crippen LogP contribution in [-0.4, -0.2) is 45.3 Å². The highest BCUT2D eigenvalue weighted by atomic mass is 32.2. The number of nitrogens with one attached hydrogen (secondary N) is 1. The molecule has 1 amide bonds. The summed E-state index contributed by atoms with van der Waals surface area (Å²) in [7, 11) is 0.351. The number of hydrogen-bond donors (Lipinski definition) is 1. The monoisotopic (exact) mass is 415 g/mol. The molecule has 3 rings (SSSR count). The molecule has 1 fully saturated rings. The summed E-state index contributed by atoms with van der Waals surface area (Å²) >= 11 is 0. The quantitative estimate of drug-likeness (QED) is 0.786. The van der Waals surface area contributed by atoms with Crippen LogP contribution in [-0.2, 0) is 16.6 Å². The highest BCUT2D eigenvalue weighted by molar-refractivity contribution is 7.89. The van der Waals surface area contributed by atoms with E-state index in [2.05, 4.69) is 5.32 Å². The summed E-state index contributed by atoms with van der Waals surface area (Å²) in [5.41, 5.74) is 2.42. The van der Waals surface area contributed by atoms with E-state index >= 15 is 0 Å². The maximum absolute atomic E-state index is 13.0. The molecule has 7 heteroatoms. The molecule has 1 saturated heterocycles. The van der Waals surface area contributed by atoms with E-state index in [4.69, 9.17) is 0 Å². The Morgan fingerprint density at radius 2 is 1.86 bits per heavy atom. The van der Waals surface area contributed by atoms with Crippen LogP contribution in [0, 0.1) is 0 Å². The van der Waals surface area contributed by atoms with Crippen molar-refractivity contribution in [3.05, 3.63) is 59.7 Å². The van der Waals surface area contributed by atoms with E-state index in [1.165, 1.54) is 6.07 Å². The average molecular weight is 416 g/mol. The molecule has 1 unspecified atom stereocenters. The molecular formula is C22H29N3O3S. The Hall–Kier alpha value is -2.38. The number of carbonyl (C=O) groups excluding carboxylic acids is 1. The molecule has 29 heavy (non-hydrogen) atoms. The Morgan fingerprint density at radius 3 is 2.52 bits per heavy atom. The molecule has 0 radical (unpaired) electrons. The van der Waals surface area contributed by atoms with Crippen molar-refractivity contribution in [2.75, 3.05) is 25.5 Å². The maximum Gasteiger partial charge on any atom is 0.251 e. The third-order valence-corrected chi connectivity index (χ3v) is 7.36. The number of rotatable bonds is 6. The highest BCUT2D eigenvalue weighted by Gasteiger charge is 2.31. The maximum atomic E-state index is 13.0. The summed E-state index contributed by atoms with van der Waals surface area (Å²) in [5.74, 6) is -0.287. The first-order chi connectivity index (χ1) is 13.8. The minimum absolute atomic E-state index is 0.0173. The largest absolute Gasteiger partial charge is 0.378 e. The van der Waals surface area contributed by atoms with Crippen LogP contribution in [0.15, 0.2) is 53.4 Å². The first-order valence-corrected chi connectivity index (χ1v) is 11.4. The molecule has 0 spiro atoms. The van der Waals surface area contributed by atoms with Crippen molar-refractivity contribution in [3.8, 4) is 0 Å². The van der Waals surface area contributed by atoms with Crippen LogP contribution in [0.1, 0.15) is 42.1 Å². The molecule has 1 N–H and O–H groups in total. The van der Waals surface area contributed by atoms with Crippen LogP contribution in [0.4, 0.5) is 5.69 Å². The summed E-state index contributed by atoms with van der Waals surface area (Å²) in [4.78, 5) is 14.8. The molecule has 1 heterocycles. The third kappa shape index (κ3) is 4.97. The zero-order valence-corrected chi connectivity index (χ0v) is 18.1. The third-order valence-electron chi connectivity index (χ3n) is 5.35. The van der Waals surface area contributed by atoms with E-state index in [0.717, 1.165) is 30.5 Å². The smallest absolute Gasteiger partial charge is 0.251 e. The molecule has 2 aromatic carbocycles. The van der Waals surface area contributed by atoms with Crippen LogP contribution < -0.4 is 10.2 Å². The van der Waals surface area contributed by atoms with Gasteiger partial charge in [0, 0.05) is 44.5 Å². The molecule has 0 bridgehead atoms. The molecule has 156 valence electrons. The second kappa shape index (κ2) is 8.97. The number of nitrogens with zero attached hydrogens (tertiary/aromatic N) is 2. The minimum atomic E-state index is -3.60. The van der Waals surface area contributed by atoms with E-state index in [1.54, 1.807) is 22.5 Å². The predicted octanol–water partition coefficient (Wildman–Crippen LogP) is 3.25. The van der Waals surface area contributed by atoms with Gasteiger partial charge >= 0.3 is 0 Å². The van der Waals surface area contributed by atoms with Gasteiger partial charge in [0.1, 0.15) is 0 Å². The molecule has 1 aliphatic heterocycles. The van der Waals surface area contributed by atoms with Gasteiger partial charge in [-0.25, -0.2) is 8.42 Å². The molecule has 0 aromatic heterocycles. The Balaban J connectivity index is 1.70. The number of piperidine rings is 1. The topological polar surface area (TPSA) is 69.7 Å². The summed E-state index contributed by atoms with van der Waals surface area (Å²) < 4.78 is 27.6. The first-order valence-electron chi connectivity index (χ1n) is 9.95. The first kappa shape index (κ1) is 21.3. The number of anilines is 1. The van der Waals surface area contributed by atoms with Gasteiger partial charge in [-0.15, -0.1) is 0 Å². The number of benzene rings is 2. The lowest BCUT2D eigenvalue weighted by atomic mass is 10.1. The van der Waals surface area contributed by atoms with Gasteiger partial charge in [-0.1, -0.05) is 24.6 Å². The zero-order chi connectivity index (χ0) is 21.0. The Kier molecular flexibility index (Phi) is 6.59. The van der Waals surface area contributed by atoms with Gasteiger partial charge in [0.05, 0.1) is 4.90 Å². The molecule has 0 aliphatic carbocycles. The van der Waals surface area contributed by atoms with E-state index in [1.807, 2.05) is 50.2 Å². The van der Waals surface area contributed by atoms with Crippen molar-refractivity contribution < 1.29 is 13.2 Å². The summed E-state index contributed by atoms with van der Waals surface area (Å²) in [5, 5.41) is 2.87. The summed E-state index contributed by atoms with van der Waals surface area (Å²) in [6, 6.07) is 14.2. The van der Waals surface area contributed by atoms with Crippen molar-refractivity contribution >= 4 is 21.6 Å². The minimum Gasteiger partial charge on any atom is -0.378 e. The van der Waals surface area contributed by atoms with E-state index in [-0.39, 0.29) is 16.8 Å². The lowest BCUT2D eigenvalue weighted by Gasteiger charge is -2.32. The summed E-state index contributed by atoms with van der Waals surface area (Å²) in [6.45, 7) is 2.85. The molecule has 1 aliphatic rings. The molecule has 6 nitrogen and oxygen atoms in total. The lowest BCUT2D eigenvalue weighted by molar-refractivity contribution is 0.0950. The predicted molar refractivity (Wildman–Crippen MR) is 116 cm³/mol. The van der Waals surface area contributed by atoms with Crippen LogP contribution in [0.5, 0.6) is 0 Å². The Labute approximate surface area is 173 Å². The van der Waals surface area contributed by atoms with Gasteiger partial charge in [0.25, 0.3) is 5.91 Å². The average Bonchev–Trinajstić information content (AvgIpc) is 2.72. The van der Waals surface area contributed by atoms with Crippen molar-refractivity contribution in [2.24, 2.45) is 0 Å². The molecule has 2 aromatic rings. The van der Waals surface area contributed by atoms with Gasteiger partial charge in [-0.3, -0.25) is 4.79 Å². The Morgan fingerprint density at radius 1 is 1.14 bits per heavy atom. The van der Waals surface area contributed by atoms with Crippen molar-refractivity contribution in [2.45, 2.75) is 43.7 Å². The van der Waals surface area contributed by atoms with E-state index in [0.29, 0.717) is 18.7 Å². The fourth-order valence-electron chi connectivity index (χ4n) is 3.56. The fourth-order valence-corrected chi connectivity index (χ4v) is 5.30. The van der Waals surface area contributed by atoms with Crippen LogP contribution >= 0.6 is 0 Å². The second-order valence-electron chi connectivity index (χ2n) is 7.73. The van der Waals surface area contributed by atoms with Crippen molar-refractivity contribution in [3.63, 3.8) is 0 Å². The SMILES string of the molecule is CC1CCCCN1S(=O)(=O)c1cccc(C(=O)NCc2ccc(N(C)C)cc2)c1. The number of sulfonamides is 1. The second-order valence-corrected chi connectivity index (χ2v) is 9.62. The van der Waals surface area contributed by atoms with Gasteiger partial charge < -0.3 is 10.2 Å². The van der Waals surface area contributed by atoms with Crippen molar-refractivity contribution in [1.82, 2.24) is 9.62 Å². The van der Waals surface area contributed by atoms with Crippen molar-refractivity contribution in [1.29, 1.82) is 0 Å². The zero-order valence-electron chi connectivity index (χ0n) is 17.3. The standard InChI is InChI=1S/C22H29N3O3S/c1-17-7-4-5-14-25(17)29(27,28)21-9-6-8-19(15-21)22(26)23-16-18-10-12-20(13-11-18)24(2)3/h6,8-13,15,17H,4-5,7,14,16H2,1-3H3,(H,23,26). The Bertz CT molecular complexity index is 956.